The van der Waals surface area contributed by atoms with Gasteiger partial charge < -0.3 is 10.2 Å². The first-order valence-electron chi connectivity index (χ1n) is 8.13. The number of imide groups is 1. The van der Waals surface area contributed by atoms with Gasteiger partial charge >= 0.3 is 6.03 Å². The van der Waals surface area contributed by atoms with Gasteiger partial charge in [-0.15, -0.1) is 0 Å². The molecule has 6 heteroatoms. The van der Waals surface area contributed by atoms with Crippen molar-refractivity contribution in [2.75, 3.05) is 16.8 Å². The molecule has 0 aliphatic rings. The molecule has 0 radical (unpaired) electrons. The minimum absolute atomic E-state index is 0.0880. The third kappa shape index (κ3) is 5.61. The lowest BCUT2D eigenvalue weighted by atomic mass is 10.3. The van der Waals surface area contributed by atoms with Crippen LogP contribution in [0.3, 0.4) is 0 Å². The van der Waals surface area contributed by atoms with E-state index < -0.39 is 6.03 Å². The van der Waals surface area contributed by atoms with Gasteiger partial charge in [0.2, 0.25) is 6.41 Å². The molecule has 0 saturated carbocycles. The Balaban J connectivity index is 0.000000273. The van der Waals surface area contributed by atoms with Gasteiger partial charge in [0.15, 0.2) is 0 Å². The Morgan fingerprint density at radius 2 is 1.26 bits per heavy atom. The summed E-state index contributed by atoms with van der Waals surface area (Å²) >= 11 is 0. The fourth-order valence-electron chi connectivity index (χ4n) is 2.22. The van der Waals surface area contributed by atoms with Crippen molar-refractivity contribution >= 4 is 23.8 Å². The zero-order chi connectivity index (χ0) is 19.6. The van der Waals surface area contributed by atoms with E-state index in [-0.39, 0.29) is 11.5 Å². The van der Waals surface area contributed by atoms with Crippen LogP contribution >= 0.6 is 0 Å². The Kier molecular flexibility index (Phi) is 6.96. The van der Waals surface area contributed by atoms with Crippen LogP contribution < -0.4 is 9.80 Å². The quantitative estimate of drug-likeness (QED) is 0.688. The normalized spacial score (nSPS) is 9.52. The summed E-state index contributed by atoms with van der Waals surface area (Å²) in [4.78, 5) is 26.0. The zero-order valence-electron chi connectivity index (χ0n) is 14.8. The molecule has 138 valence electrons. The van der Waals surface area contributed by atoms with Gasteiger partial charge in [-0.25, -0.2) is 9.69 Å². The number of hydrogen-bond acceptors (Lipinski definition) is 4. The van der Waals surface area contributed by atoms with Crippen molar-refractivity contribution in [2.45, 2.75) is 0 Å². The standard InChI is InChI=1S/C15H14N2O2.C6H6O2/c1-16(13-8-4-2-5-9-13)15(19)17(12-18)14-10-6-3-7-11-14;7-5-2-1-3-6(8)4-5/h2-12H,1H3;1-4,7-8H. The number of amides is 3. The Morgan fingerprint density at radius 1 is 0.778 bits per heavy atom. The van der Waals surface area contributed by atoms with Crippen LogP contribution in [0, 0.1) is 0 Å². The molecule has 3 rings (SSSR count). The van der Waals surface area contributed by atoms with Crippen LogP contribution in [0.25, 0.3) is 0 Å². The predicted molar refractivity (Wildman–Crippen MR) is 105 cm³/mol. The molecule has 27 heavy (non-hydrogen) atoms. The maximum Gasteiger partial charge on any atom is 0.335 e. The molecule has 3 aromatic rings. The number of nitrogens with zero attached hydrogens (tertiary/aromatic N) is 2. The smallest absolute Gasteiger partial charge is 0.335 e. The Bertz CT molecular complexity index is 852. The largest absolute Gasteiger partial charge is 0.508 e. The number of benzene rings is 3. The summed E-state index contributed by atoms with van der Waals surface area (Å²) < 4.78 is 0. The van der Waals surface area contributed by atoms with Crippen LogP contribution in [-0.2, 0) is 4.79 Å². The molecule has 6 nitrogen and oxygen atoms in total. The Hall–Kier alpha value is -3.80. The molecule has 3 amide bonds. The molecule has 0 heterocycles. The van der Waals surface area contributed by atoms with Crippen LogP contribution in [0.15, 0.2) is 84.9 Å². The molecule has 0 aliphatic heterocycles. The second kappa shape index (κ2) is 9.62. The maximum absolute atomic E-state index is 12.3. The molecular weight excluding hydrogens is 344 g/mol. The van der Waals surface area contributed by atoms with E-state index in [0.717, 1.165) is 10.6 Å². The van der Waals surface area contributed by atoms with Gasteiger partial charge in [-0.2, -0.15) is 0 Å². The topological polar surface area (TPSA) is 81.1 Å². The summed E-state index contributed by atoms with van der Waals surface area (Å²) in [5.41, 5.74) is 1.28. The van der Waals surface area contributed by atoms with Crippen LogP contribution in [0.2, 0.25) is 0 Å². The summed E-state index contributed by atoms with van der Waals surface area (Å²) in [6.07, 6.45) is 0.525. The number of phenols is 2. The minimum atomic E-state index is -0.396. The van der Waals surface area contributed by atoms with Crippen LogP contribution in [-0.4, -0.2) is 29.7 Å². The van der Waals surface area contributed by atoms with Crippen LogP contribution in [0.1, 0.15) is 0 Å². The number of rotatable bonds is 3. The van der Waals surface area contributed by atoms with E-state index in [9.17, 15) is 9.59 Å². The fraction of sp³-hybridized carbons (Fsp3) is 0.0476. The number of para-hydroxylation sites is 2. The van der Waals surface area contributed by atoms with Crippen molar-refractivity contribution in [1.29, 1.82) is 0 Å². The highest BCUT2D eigenvalue weighted by Gasteiger charge is 2.19. The van der Waals surface area contributed by atoms with Crippen LogP contribution in [0.4, 0.5) is 16.2 Å². The third-order valence-corrected chi connectivity index (χ3v) is 3.61. The van der Waals surface area contributed by atoms with Gasteiger partial charge in [0.05, 0.1) is 5.69 Å². The number of anilines is 2. The van der Waals surface area contributed by atoms with Crippen molar-refractivity contribution < 1.29 is 19.8 Å². The number of carbonyl (C=O) groups excluding carboxylic acids is 2. The second-order valence-corrected chi connectivity index (χ2v) is 5.51. The summed E-state index contributed by atoms with van der Waals surface area (Å²) in [6, 6.07) is 23.4. The van der Waals surface area contributed by atoms with Gasteiger partial charge in [-0.05, 0) is 36.4 Å². The van der Waals surface area contributed by atoms with Gasteiger partial charge in [0.25, 0.3) is 0 Å². The molecule has 3 aromatic carbocycles. The lowest BCUT2D eigenvalue weighted by Crippen LogP contribution is -2.40. The van der Waals surface area contributed by atoms with E-state index in [0.29, 0.717) is 12.1 Å². The van der Waals surface area contributed by atoms with E-state index in [2.05, 4.69) is 0 Å². The Morgan fingerprint density at radius 3 is 1.67 bits per heavy atom. The third-order valence-electron chi connectivity index (χ3n) is 3.61. The van der Waals surface area contributed by atoms with E-state index >= 15 is 0 Å². The van der Waals surface area contributed by atoms with Gasteiger partial charge in [0, 0.05) is 18.8 Å². The summed E-state index contributed by atoms with van der Waals surface area (Å²) in [6.45, 7) is 0. The molecule has 0 atom stereocenters. The molecule has 0 unspecified atom stereocenters. The number of phenolic OH excluding ortho intramolecular Hbond substituents is 2. The molecule has 0 saturated heterocycles. The predicted octanol–water partition coefficient (Wildman–Crippen LogP) is 4.00. The van der Waals surface area contributed by atoms with Gasteiger partial charge in [-0.1, -0.05) is 42.5 Å². The SMILES string of the molecule is CN(C(=O)N(C=O)c1ccccc1)c1ccccc1.Oc1cccc(O)c1. The molecule has 0 fully saturated rings. The first kappa shape index (κ1) is 19.5. The first-order chi connectivity index (χ1) is 13.0. The molecule has 2 N–H and O–H groups in total. The average Bonchev–Trinajstić information content (AvgIpc) is 2.70. The highest BCUT2D eigenvalue weighted by atomic mass is 16.3. The summed E-state index contributed by atoms with van der Waals surface area (Å²) in [5.74, 6) is 0.176. The average molecular weight is 364 g/mol. The van der Waals surface area contributed by atoms with Crippen molar-refractivity contribution in [3.8, 4) is 11.5 Å². The van der Waals surface area contributed by atoms with Crippen molar-refractivity contribution in [3.05, 3.63) is 84.9 Å². The van der Waals surface area contributed by atoms with E-state index in [1.54, 1.807) is 37.4 Å². The van der Waals surface area contributed by atoms with E-state index in [4.69, 9.17) is 10.2 Å². The highest BCUT2D eigenvalue weighted by molar-refractivity contribution is 6.13. The highest BCUT2D eigenvalue weighted by Crippen LogP contribution is 2.18. The maximum atomic E-state index is 12.3. The summed E-state index contributed by atoms with van der Waals surface area (Å²) in [7, 11) is 1.64. The molecule has 0 aliphatic carbocycles. The fourth-order valence-corrected chi connectivity index (χ4v) is 2.22. The van der Waals surface area contributed by atoms with Gasteiger partial charge in [-0.3, -0.25) is 9.69 Å². The van der Waals surface area contributed by atoms with Gasteiger partial charge in [0.1, 0.15) is 11.5 Å². The lowest BCUT2D eigenvalue weighted by molar-refractivity contribution is -0.106. The lowest BCUT2D eigenvalue weighted by Gasteiger charge is -2.23. The molecule has 0 bridgehead atoms. The molecular formula is C21H20N2O4. The number of aromatic hydroxyl groups is 2. The second-order valence-electron chi connectivity index (χ2n) is 5.51. The molecule has 0 spiro atoms. The van der Waals surface area contributed by atoms with E-state index in [1.807, 2.05) is 36.4 Å². The number of hydrogen-bond donors (Lipinski definition) is 2. The first-order valence-corrected chi connectivity index (χ1v) is 8.13. The monoisotopic (exact) mass is 364 g/mol. The number of urea groups is 1. The van der Waals surface area contributed by atoms with Crippen molar-refractivity contribution in [2.24, 2.45) is 0 Å². The van der Waals surface area contributed by atoms with Crippen molar-refractivity contribution in [3.63, 3.8) is 0 Å². The van der Waals surface area contributed by atoms with E-state index in [1.165, 1.54) is 23.1 Å². The number of carbonyl (C=O) groups is 2. The summed E-state index contributed by atoms with van der Waals surface area (Å²) in [5, 5.41) is 17.3. The Labute approximate surface area is 157 Å². The van der Waals surface area contributed by atoms with Crippen molar-refractivity contribution in [1.82, 2.24) is 0 Å². The molecule has 0 aromatic heterocycles. The van der Waals surface area contributed by atoms with Crippen LogP contribution in [0.5, 0.6) is 11.5 Å². The minimum Gasteiger partial charge on any atom is -0.508 e. The zero-order valence-corrected chi connectivity index (χ0v) is 14.8.